The number of hydrogen-bond donors (Lipinski definition) is 1. The van der Waals surface area contributed by atoms with Gasteiger partial charge in [0, 0.05) is 13.1 Å². The summed E-state index contributed by atoms with van der Waals surface area (Å²) in [6.07, 6.45) is 0.180. The summed E-state index contributed by atoms with van der Waals surface area (Å²) in [5.74, 6) is -0.186. The molecule has 0 radical (unpaired) electrons. The first-order valence-electron chi connectivity index (χ1n) is 5.47. The van der Waals surface area contributed by atoms with Crippen LogP contribution in [-0.2, 0) is 0 Å². The molecule has 88 valence electrons. The number of pyridine rings is 1. The first-order chi connectivity index (χ1) is 8.11. The molecular formula is C12H13N3O2. The third-order valence-electron chi connectivity index (χ3n) is 2.88. The van der Waals surface area contributed by atoms with E-state index in [0.29, 0.717) is 36.5 Å². The topological polar surface area (TPSA) is 77.2 Å². The molecule has 0 aromatic carbocycles. The van der Waals surface area contributed by atoms with Crippen molar-refractivity contribution >= 4 is 5.91 Å². The number of likely N-dealkylation sites (tertiary alicyclic amines) is 1. The zero-order valence-corrected chi connectivity index (χ0v) is 9.55. The lowest BCUT2D eigenvalue weighted by Crippen LogP contribution is -2.30. The van der Waals surface area contributed by atoms with Gasteiger partial charge in [-0.05, 0) is 25.5 Å². The van der Waals surface area contributed by atoms with Crippen molar-refractivity contribution in [2.75, 3.05) is 13.1 Å². The molecule has 1 unspecified atom stereocenters. The van der Waals surface area contributed by atoms with E-state index in [9.17, 15) is 9.90 Å². The molecule has 1 N–H and O–H groups in total. The first-order valence-corrected chi connectivity index (χ1v) is 5.47. The van der Waals surface area contributed by atoms with Crippen LogP contribution < -0.4 is 0 Å². The van der Waals surface area contributed by atoms with Crippen LogP contribution >= 0.6 is 0 Å². The van der Waals surface area contributed by atoms with Crippen LogP contribution in [0.2, 0.25) is 0 Å². The summed E-state index contributed by atoms with van der Waals surface area (Å²) in [5.41, 5.74) is 1.36. The zero-order valence-electron chi connectivity index (χ0n) is 9.55. The molecule has 0 spiro atoms. The Balaban J connectivity index is 2.20. The minimum Gasteiger partial charge on any atom is -0.391 e. The fraction of sp³-hybridized carbons (Fsp3) is 0.417. The highest BCUT2D eigenvalue weighted by Crippen LogP contribution is 2.13. The van der Waals surface area contributed by atoms with E-state index >= 15 is 0 Å². The normalized spacial score (nSPS) is 19.1. The summed E-state index contributed by atoms with van der Waals surface area (Å²) in [7, 11) is 0. The highest BCUT2D eigenvalue weighted by atomic mass is 16.3. The third kappa shape index (κ3) is 2.27. The molecule has 1 aliphatic heterocycles. The van der Waals surface area contributed by atoms with Gasteiger partial charge in [-0.3, -0.25) is 4.79 Å². The lowest BCUT2D eigenvalue weighted by molar-refractivity contribution is 0.0759. The Morgan fingerprint density at radius 2 is 2.41 bits per heavy atom. The van der Waals surface area contributed by atoms with Crippen LogP contribution in [0.4, 0.5) is 0 Å². The van der Waals surface area contributed by atoms with E-state index < -0.39 is 6.10 Å². The number of aromatic nitrogens is 1. The molecule has 0 aliphatic carbocycles. The molecule has 17 heavy (non-hydrogen) atoms. The van der Waals surface area contributed by atoms with Crippen LogP contribution in [0.3, 0.4) is 0 Å². The van der Waals surface area contributed by atoms with E-state index in [1.165, 1.54) is 0 Å². The van der Waals surface area contributed by atoms with Gasteiger partial charge >= 0.3 is 0 Å². The number of β-amino-alcohol motifs (C(OH)–C–C–N with tert-alkyl or cyclic N) is 1. The maximum atomic E-state index is 12.0. The van der Waals surface area contributed by atoms with E-state index in [1.807, 2.05) is 6.07 Å². The van der Waals surface area contributed by atoms with Gasteiger partial charge in [-0.15, -0.1) is 0 Å². The van der Waals surface area contributed by atoms with Gasteiger partial charge < -0.3 is 10.0 Å². The number of hydrogen-bond acceptors (Lipinski definition) is 4. The van der Waals surface area contributed by atoms with Crippen molar-refractivity contribution in [2.45, 2.75) is 19.4 Å². The van der Waals surface area contributed by atoms with Gasteiger partial charge in [0.05, 0.1) is 17.4 Å². The number of aliphatic hydroxyl groups excluding tert-OH is 1. The molecule has 5 heteroatoms. The molecule has 5 nitrogen and oxygen atoms in total. The Morgan fingerprint density at radius 1 is 1.65 bits per heavy atom. The SMILES string of the molecule is Cc1nc(C(=O)N2CCC(O)C2)ccc1C#N. The second-order valence-electron chi connectivity index (χ2n) is 4.13. The van der Waals surface area contributed by atoms with Crippen LogP contribution in [0.15, 0.2) is 12.1 Å². The second-order valence-corrected chi connectivity index (χ2v) is 4.13. The molecule has 0 saturated carbocycles. The smallest absolute Gasteiger partial charge is 0.272 e. The summed E-state index contributed by atoms with van der Waals surface area (Å²) < 4.78 is 0. The van der Waals surface area contributed by atoms with Crippen LogP contribution in [0.25, 0.3) is 0 Å². The molecule has 1 aromatic rings. The van der Waals surface area contributed by atoms with E-state index in [2.05, 4.69) is 4.98 Å². The van der Waals surface area contributed by atoms with Gasteiger partial charge in [0.25, 0.3) is 5.91 Å². The van der Waals surface area contributed by atoms with Crippen LogP contribution in [0.1, 0.15) is 28.2 Å². The Kier molecular flexibility index (Phi) is 3.07. The molecular weight excluding hydrogens is 218 g/mol. The standard InChI is InChI=1S/C12H13N3O2/c1-8-9(6-13)2-3-11(14-8)12(17)15-5-4-10(16)7-15/h2-3,10,16H,4-5,7H2,1H3. The molecule has 1 saturated heterocycles. The zero-order chi connectivity index (χ0) is 12.4. The Labute approximate surface area is 99.3 Å². The number of carbonyl (C=O) groups excluding carboxylic acids is 1. The van der Waals surface area contributed by atoms with Gasteiger partial charge in [-0.1, -0.05) is 0 Å². The lowest BCUT2D eigenvalue weighted by Gasteiger charge is -2.15. The van der Waals surface area contributed by atoms with Crippen LogP contribution in [0.5, 0.6) is 0 Å². The van der Waals surface area contributed by atoms with Gasteiger partial charge in [0.15, 0.2) is 0 Å². The summed E-state index contributed by atoms with van der Waals surface area (Å²) in [6.45, 7) is 2.62. The Hall–Kier alpha value is -1.93. The number of amides is 1. The van der Waals surface area contributed by atoms with Crippen molar-refractivity contribution in [1.29, 1.82) is 5.26 Å². The first kappa shape index (κ1) is 11.6. The highest BCUT2D eigenvalue weighted by molar-refractivity contribution is 5.92. The highest BCUT2D eigenvalue weighted by Gasteiger charge is 2.26. The number of aliphatic hydroxyl groups is 1. The molecule has 1 fully saturated rings. The fourth-order valence-corrected chi connectivity index (χ4v) is 1.89. The van der Waals surface area contributed by atoms with Crippen molar-refractivity contribution in [3.63, 3.8) is 0 Å². The van der Waals surface area contributed by atoms with Crippen molar-refractivity contribution in [3.8, 4) is 6.07 Å². The quantitative estimate of drug-likeness (QED) is 0.762. The predicted octanol–water partition coefficient (Wildman–Crippen LogP) is 0.468. The van der Waals surface area contributed by atoms with Crippen molar-refractivity contribution in [1.82, 2.24) is 9.88 Å². The molecule has 2 rings (SSSR count). The van der Waals surface area contributed by atoms with E-state index in [0.717, 1.165) is 0 Å². The number of nitrogens with zero attached hydrogens (tertiary/aromatic N) is 3. The van der Waals surface area contributed by atoms with Crippen molar-refractivity contribution < 1.29 is 9.90 Å². The average Bonchev–Trinajstić information content (AvgIpc) is 2.75. The summed E-state index contributed by atoms with van der Waals surface area (Å²) in [6, 6.07) is 5.16. The molecule has 1 atom stereocenters. The minimum atomic E-state index is -0.432. The average molecular weight is 231 g/mol. The molecule has 0 bridgehead atoms. The maximum absolute atomic E-state index is 12.0. The van der Waals surface area contributed by atoms with Crippen molar-refractivity contribution in [3.05, 3.63) is 29.1 Å². The van der Waals surface area contributed by atoms with Gasteiger partial charge in [0.2, 0.25) is 0 Å². The van der Waals surface area contributed by atoms with E-state index in [4.69, 9.17) is 5.26 Å². The van der Waals surface area contributed by atoms with Crippen molar-refractivity contribution in [2.24, 2.45) is 0 Å². The summed E-state index contributed by atoms with van der Waals surface area (Å²) in [4.78, 5) is 17.7. The maximum Gasteiger partial charge on any atom is 0.272 e. The monoisotopic (exact) mass is 231 g/mol. The van der Waals surface area contributed by atoms with Gasteiger partial charge in [-0.25, -0.2) is 4.98 Å². The number of rotatable bonds is 1. The molecule has 1 aliphatic rings. The summed E-state index contributed by atoms with van der Waals surface area (Å²) in [5, 5.41) is 18.2. The van der Waals surface area contributed by atoms with Crippen LogP contribution in [-0.4, -0.2) is 40.1 Å². The largest absolute Gasteiger partial charge is 0.391 e. The molecule has 1 amide bonds. The van der Waals surface area contributed by atoms with E-state index in [1.54, 1.807) is 24.0 Å². The molecule has 1 aromatic heterocycles. The lowest BCUT2D eigenvalue weighted by atomic mass is 10.2. The number of carbonyl (C=O) groups is 1. The van der Waals surface area contributed by atoms with E-state index in [-0.39, 0.29) is 5.91 Å². The van der Waals surface area contributed by atoms with Gasteiger partial charge in [0.1, 0.15) is 11.8 Å². The summed E-state index contributed by atoms with van der Waals surface area (Å²) >= 11 is 0. The molecule has 2 heterocycles. The van der Waals surface area contributed by atoms with Gasteiger partial charge in [-0.2, -0.15) is 5.26 Å². The number of nitriles is 1. The number of aryl methyl sites for hydroxylation is 1. The predicted molar refractivity (Wildman–Crippen MR) is 60.2 cm³/mol. The van der Waals surface area contributed by atoms with Crippen LogP contribution in [0, 0.1) is 18.3 Å². The Morgan fingerprint density at radius 3 is 2.94 bits per heavy atom. The Bertz CT molecular complexity index is 493. The third-order valence-corrected chi connectivity index (χ3v) is 2.88. The fourth-order valence-electron chi connectivity index (χ4n) is 1.89. The minimum absolute atomic E-state index is 0.186. The second kappa shape index (κ2) is 4.52.